The monoisotopic (exact) mass is 321 g/mol. The number of ether oxygens (including phenoxy) is 1. The second kappa shape index (κ2) is 7.92. The molecule has 3 aromatic rings. The molecule has 122 valence electrons. The lowest BCUT2D eigenvalue weighted by Gasteiger charge is -2.08. The summed E-state index contributed by atoms with van der Waals surface area (Å²) in [7, 11) is 1.67. The predicted octanol–water partition coefficient (Wildman–Crippen LogP) is 3.28. The number of aromatic nitrogens is 3. The van der Waals surface area contributed by atoms with Crippen molar-refractivity contribution < 1.29 is 4.74 Å². The normalized spacial score (nSPS) is 10.2. The number of hydrogen-bond acceptors (Lipinski definition) is 6. The zero-order chi connectivity index (χ0) is 16.6. The van der Waals surface area contributed by atoms with Gasteiger partial charge >= 0.3 is 0 Å². The highest BCUT2D eigenvalue weighted by Gasteiger charge is 2.02. The molecule has 6 heteroatoms. The van der Waals surface area contributed by atoms with Gasteiger partial charge in [-0.3, -0.25) is 0 Å². The van der Waals surface area contributed by atoms with Crippen LogP contribution in [-0.2, 0) is 6.42 Å². The van der Waals surface area contributed by atoms with Crippen LogP contribution >= 0.6 is 0 Å². The standard InChI is InChI=1S/C18H19N5O/c1-24-16-9-5-6-14(12-16)10-11-19-18-22-17(13-20-23-18)21-15-7-3-2-4-8-15/h2-9,12-13H,10-11H2,1H3,(H2,19,21,22,23). The molecule has 6 nitrogen and oxygen atoms in total. The maximum Gasteiger partial charge on any atom is 0.244 e. The summed E-state index contributed by atoms with van der Waals surface area (Å²) in [6.07, 6.45) is 2.44. The lowest BCUT2D eigenvalue weighted by molar-refractivity contribution is 0.414. The number of benzene rings is 2. The summed E-state index contributed by atoms with van der Waals surface area (Å²) >= 11 is 0. The molecule has 0 atom stereocenters. The summed E-state index contributed by atoms with van der Waals surface area (Å²) in [6, 6.07) is 17.8. The number of rotatable bonds is 7. The van der Waals surface area contributed by atoms with E-state index in [0.29, 0.717) is 18.3 Å². The van der Waals surface area contributed by atoms with Crippen LogP contribution in [0.4, 0.5) is 17.5 Å². The molecule has 3 rings (SSSR count). The molecule has 0 amide bonds. The minimum Gasteiger partial charge on any atom is -0.497 e. The zero-order valence-electron chi connectivity index (χ0n) is 13.4. The van der Waals surface area contributed by atoms with Crippen molar-refractivity contribution in [2.24, 2.45) is 0 Å². The van der Waals surface area contributed by atoms with Gasteiger partial charge in [-0.05, 0) is 36.2 Å². The van der Waals surface area contributed by atoms with Crippen LogP contribution in [0, 0.1) is 0 Å². The minimum absolute atomic E-state index is 0.499. The van der Waals surface area contributed by atoms with E-state index < -0.39 is 0 Å². The first kappa shape index (κ1) is 15.7. The Hall–Kier alpha value is -3.15. The van der Waals surface area contributed by atoms with E-state index in [2.05, 4.69) is 31.9 Å². The van der Waals surface area contributed by atoms with Crippen LogP contribution in [-0.4, -0.2) is 28.8 Å². The van der Waals surface area contributed by atoms with Crippen molar-refractivity contribution in [3.05, 3.63) is 66.4 Å². The van der Waals surface area contributed by atoms with Crippen LogP contribution in [0.15, 0.2) is 60.8 Å². The van der Waals surface area contributed by atoms with Gasteiger partial charge in [-0.1, -0.05) is 30.3 Å². The first-order valence-electron chi connectivity index (χ1n) is 7.72. The summed E-state index contributed by atoms with van der Waals surface area (Å²) in [4.78, 5) is 4.41. The van der Waals surface area contributed by atoms with E-state index in [0.717, 1.165) is 17.9 Å². The molecule has 0 saturated carbocycles. The van der Waals surface area contributed by atoms with E-state index in [4.69, 9.17) is 4.74 Å². The van der Waals surface area contributed by atoms with Crippen LogP contribution in [0.3, 0.4) is 0 Å². The molecule has 2 aromatic carbocycles. The fourth-order valence-corrected chi connectivity index (χ4v) is 2.25. The Balaban J connectivity index is 1.56. The summed E-state index contributed by atoms with van der Waals surface area (Å²) in [5.74, 6) is 2.01. The Kier molecular flexibility index (Phi) is 5.19. The molecule has 0 fully saturated rings. The maximum absolute atomic E-state index is 5.23. The Morgan fingerprint density at radius 2 is 1.92 bits per heavy atom. The molecule has 2 N–H and O–H groups in total. The quantitative estimate of drug-likeness (QED) is 0.696. The molecule has 1 heterocycles. The van der Waals surface area contributed by atoms with E-state index in [1.54, 1.807) is 13.3 Å². The summed E-state index contributed by atoms with van der Waals surface area (Å²) < 4.78 is 5.23. The fourth-order valence-electron chi connectivity index (χ4n) is 2.25. The van der Waals surface area contributed by atoms with Crippen molar-refractivity contribution in [3.8, 4) is 5.75 Å². The number of methoxy groups -OCH3 is 1. The summed E-state index contributed by atoms with van der Waals surface area (Å²) in [5, 5.41) is 14.4. The van der Waals surface area contributed by atoms with Crippen molar-refractivity contribution >= 4 is 17.5 Å². The Morgan fingerprint density at radius 1 is 1.04 bits per heavy atom. The molecule has 0 aliphatic rings. The zero-order valence-corrected chi connectivity index (χ0v) is 13.4. The first-order valence-corrected chi connectivity index (χ1v) is 7.72. The molecular weight excluding hydrogens is 302 g/mol. The highest BCUT2D eigenvalue weighted by atomic mass is 16.5. The molecular formula is C18H19N5O. The van der Waals surface area contributed by atoms with Gasteiger partial charge in [-0.15, -0.1) is 5.10 Å². The molecule has 0 bridgehead atoms. The second-order valence-electron chi connectivity index (χ2n) is 5.18. The molecule has 0 aliphatic heterocycles. The molecule has 1 aromatic heterocycles. The first-order chi connectivity index (χ1) is 11.8. The van der Waals surface area contributed by atoms with E-state index >= 15 is 0 Å². The maximum atomic E-state index is 5.23. The molecule has 0 unspecified atom stereocenters. The van der Waals surface area contributed by atoms with E-state index in [1.807, 2.05) is 48.5 Å². The Bertz CT molecular complexity index is 779. The molecule has 0 spiro atoms. The third kappa shape index (κ3) is 4.42. The lowest BCUT2D eigenvalue weighted by atomic mass is 10.1. The van der Waals surface area contributed by atoms with Gasteiger partial charge in [-0.2, -0.15) is 10.1 Å². The van der Waals surface area contributed by atoms with Gasteiger partial charge < -0.3 is 15.4 Å². The van der Waals surface area contributed by atoms with Gasteiger partial charge in [0.2, 0.25) is 5.95 Å². The third-order valence-corrected chi connectivity index (χ3v) is 3.44. The van der Waals surface area contributed by atoms with Gasteiger partial charge in [0.05, 0.1) is 13.3 Å². The number of nitrogens with zero attached hydrogens (tertiary/aromatic N) is 3. The van der Waals surface area contributed by atoms with Crippen LogP contribution < -0.4 is 15.4 Å². The van der Waals surface area contributed by atoms with Crippen molar-refractivity contribution in [3.63, 3.8) is 0 Å². The van der Waals surface area contributed by atoms with E-state index in [1.165, 1.54) is 5.56 Å². The molecule has 0 aliphatic carbocycles. The lowest BCUT2D eigenvalue weighted by Crippen LogP contribution is -2.09. The summed E-state index contributed by atoms with van der Waals surface area (Å²) in [5.41, 5.74) is 2.15. The summed E-state index contributed by atoms with van der Waals surface area (Å²) in [6.45, 7) is 0.712. The second-order valence-corrected chi connectivity index (χ2v) is 5.18. The highest BCUT2D eigenvalue weighted by Crippen LogP contribution is 2.14. The molecule has 24 heavy (non-hydrogen) atoms. The molecule has 0 radical (unpaired) electrons. The fraction of sp³-hybridized carbons (Fsp3) is 0.167. The predicted molar refractivity (Wildman–Crippen MR) is 94.7 cm³/mol. The van der Waals surface area contributed by atoms with Crippen molar-refractivity contribution in [2.45, 2.75) is 6.42 Å². The smallest absolute Gasteiger partial charge is 0.244 e. The number of anilines is 3. The van der Waals surface area contributed by atoms with Gasteiger partial charge in [0.25, 0.3) is 0 Å². The van der Waals surface area contributed by atoms with Gasteiger partial charge in [-0.25, -0.2) is 0 Å². The van der Waals surface area contributed by atoms with Gasteiger partial charge in [0, 0.05) is 12.2 Å². The van der Waals surface area contributed by atoms with E-state index in [-0.39, 0.29) is 0 Å². The van der Waals surface area contributed by atoms with E-state index in [9.17, 15) is 0 Å². The number of para-hydroxylation sites is 1. The van der Waals surface area contributed by atoms with Crippen molar-refractivity contribution in [2.75, 3.05) is 24.3 Å². The van der Waals surface area contributed by atoms with Crippen LogP contribution in [0.5, 0.6) is 5.75 Å². The van der Waals surface area contributed by atoms with Crippen LogP contribution in [0.1, 0.15) is 5.56 Å². The van der Waals surface area contributed by atoms with Gasteiger partial charge in [0.15, 0.2) is 5.82 Å². The Morgan fingerprint density at radius 3 is 2.75 bits per heavy atom. The Labute approximate surface area is 140 Å². The number of nitrogens with one attached hydrogen (secondary N) is 2. The highest BCUT2D eigenvalue weighted by molar-refractivity contribution is 5.55. The topological polar surface area (TPSA) is 72.0 Å². The van der Waals surface area contributed by atoms with Gasteiger partial charge in [0.1, 0.15) is 5.75 Å². The van der Waals surface area contributed by atoms with Crippen molar-refractivity contribution in [1.29, 1.82) is 0 Å². The minimum atomic E-state index is 0.499. The average molecular weight is 321 g/mol. The molecule has 0 saturated heterocycles. The average Bonchev–Trinajstić information content (AvgIpc) is 2.63. The largest absolute Gasteiger partial charge is 0.497 e. The third-order valence-electron chi connectivity index (χ3n) is 3.44. The van der Waals surface area contributed by atoms with Crippen LogP contribution in [0.2, 0.25) is 0 Å². The van der Waals surface area contributed by atoms with Crippen molar-refractivity contribution in [1.82, 2.24) is 15.2 Å². The SMILES string of the molecule is COc1cccc(CCNc2nncc(Nc3ccccc3)n2)c1. The van der Waals surface area contributed by atoms with Crippen LogP contribution in [0.25, 0.3) is 0 Å². The number of hydrogen-bond donors (Lipinski definition) is 2.